The molecule has 7 nitrogen and oxygen atoms in total. The minimum absolute atomic E-state index is 0.154. The van der Waals surface area contributed by atoms with Gasteiger partial charge in [0, 0.05) is 13.6 Å². The van der Waals surface area contributed by atoms with E-state index in [2.05, 4.69) is 71.2 Å². The van der Waals surface area contributed by atoms with Gasteiger partial charge in [0.05, 0.1) is 6.04 Å². The van der Waals surface area contributed by atoms with E-state index in [0.717, 1.165) is 6.42 Å². The van der Waals surface area contributed by atoms with Crippen molar-refractivity contribution in [3.05, 3.63) is 41.2 Å². The third kappa shape index (κ3) is 4.78. The molecule has 0 aliphatic carbocycles. The zero-order valence-corrected chi connectivity index (χ0v) is 15.0. The summed E-state index contributed by atoms with van der Waals surface area (Å²) in [5.41, 5.74) is 2.67. The Morgan fingerprint density at radius 2 is 1.92 bits per heavy atom. The highest BCUT2D eigenvalue weighted by Crippen LogP contribution is 2.22. The van der Waals surface area contributed by atoms with E-state index in [1.54, 1.807) is 11.7 Å². The smallest absolute Gasteiger partial charge is 0.315 e. The molecular formula is C17H26N6O. The van der Waals surface area contributed by atoms with E-state index in [4.69, 9.17) is 0 Å². The first-order chi connectivity index (χ1) is 11.3. The molecule has 2 amide bonds. The van der Waals surface area contributed by atoms with Crippen molar-refractivity contribution in [2.24, 2.45) is 7.05 Å². The first-order valence-corrected chi connectivity index (χ1v) is 8.13. The molecule has 1 heterocycles. The Morgan fingerprint density at radius 3 is 2.46 bits per heavy atom. The molecule has 24 heavy (non-hydrogen) atoms. The Bertz CT molecular complexity index is 671. The monoisotopic (exact) mass is 330 g/mol. The summed E-state index contributed by atoms with van der Waals surface area (Å²) in [6.45, 7) is 9.01. The van der Waals surface area contributed by atoms with E-state index in [9.17, 15) is 4.79 Å². The molecule has 2 N–H and O–H groups in total. The number of rotatable bonds is 5. The van der Waals surface area contributed by atoms with Crippen LogP contribution in [0.3, 0.4) is 0 Å². The molecule has 0 radical (unpaired) electrons. The summed E-state index contributed by atoms with van der Waals surface area (Å²) in [6, 6.07) is 8.06. The van der Waals surface area contributed by atoms with Gasteiger partial charge in [0.25, 0.3) is 0 Å². The lowest BCUT2D eigenvalue weighted by Crippen LogP contribution is -2.38. The molecule has 0 bridgehead atoms. The number of nitrogens with zero attached hydrogens (tertiary/aromatic N) is 4. The predicted molar refractivity (Wildman–Crippen MR) is 92.6 cm³/mol. The van der Waals surface area contributed by atoms with Gasteiger partial charge in [-0.25, -0.2) is 9.48 Å². The lowest BCUT2D eigenvalue weighted by Gasteiger charge is -2.19. The topological polar surface area (TPSA) is 84.7 Å². The standard InChI is InChI=1S/C17H26N6O/c1-12(15-20-21-22-23(15)5)19-16(24)18-11-10-13-6-8-14(9-7-13)17(2,3)4/h6-9,12H,10-11H2,1-5H3,(H2,18,19,24)/t12-/m0/s1. The number of amides is 2. The van der Waals surface area contributed by atoms with Crippen LogP contribution in [0.2, 0.25) is 0 Å². The SMILES string of the molecule is C[C@H](NC(=O)NCCc1ccc(C(C)(C)C)cc1)c1nnnn1C. The highest BCUT2D eigenvalue weighted by atomic mass is 16.2. The van der Waals surface area contributed by atoms with Gasteiger partial charge in [-0.05, 0) is 40.3 Å². The molecule has 0 fully saturated rings. The Balaban J connectivity index is 1.77. The van der Waals surface area contributed by atoms with Crippen LogP contribution in [0.5, 0.6) is 0 Å². The van der Waals surface area contributed by atoms with Crippen LogP contribution in [0.25, 0.3) is 0 Å². The molecule has 0 saturated carbocycles. The third-order valence-electron chi connectivity index (χ3n) is 3.91. The minimum Gasteiger partial charge on any atom is -0.338 e. The lowest BCUT2D eigenvalue weighted by molar-refractivity contribution is 0.237. The molecule has 2 rings (SSSR count). The minimum atomic E-state index is -0.254. The fraction of sp³-hybridized carbons (Fsp3) is 0.529. The Kier molecular flexibility index (Phi) is 5.54. The van der Waals surface area contributed by atoms with Crippen LogP contribution in [-0.2, 0) is 18.9 Å². The third-order valence-corrected chi connectivity index (χ3v) is 3.91. The van der Waals surface area contributed by atoms with Crippen molar-refractivity contribution < 1.29 is 4.79 Å². The normalized spacial score (nSPS) is 12.7. The maximum Gasteiger partial charge on any atom is 0.315 e. The van der Waals surface area contributed by atoms with Crippen molar-refractivity contribution in [2.75, 3.05) is 6.54 Å². The predicted octanol–water partition coefficient (Wildman–Crippen LogP) is 2.11. The molecule has 0 aliphatic rings. The van der Waals surface area contributed by atoms with Gasteiger partial charge in [-0.3, -0.25) is 0 Å². The van der Waals surface area contributed by atoms with Gasteiger partial charge < -0.3 is 10.6 Å². The van der Waals surface area contributed by atoms with Gasteiger partial charge in [-0.1, -0.05) is 45.0 Å². The van der Waals surface area contributed by atoms with E-state index < -0.39 is 0 Å². The summed E-state index contributed by atoms with van der Waals surface area (Å²) >= 11 is 0. The summed E-state index contributed by atoms with van der Waals surface area (Å²) in [7, 11) is 1.74. The number of nitrogens with one attached hydrogen (secondary N) is 2. The number of tetrazole rings is 1. The number of urea groups is 1. The molecule has 1 atom stereocenters. The fourth-order valence-electron chi connectivity index (χ4n) is 2.41. The van der Waals surface area contributed by atoms with Gasteiger partial charge in [-0.15, -0.1) is 5.10 Å². The summed E-state index contributed by atoms with van der Waals surface area (Å²) in [6.07, 6.45) is 0.789. The quantitative estimate of drug-likeness (QED) is 0.879. The lowest BCUT2D eigenvalue weighted by atomic mass is 9.86. The maximum atomic E-state index is 11.9. The average molecular weight is 330 g/mol. The molecule has 0 spiro atoms. The van der Waals surface area contributed by atoms with E-state index in [-0.39, 0.29) is 17.5 Å². The van der Waals surface area contributed by atoms with Crippen molar-refractivity contribution in [3.63, 3.8) is 0 Å². The van der Waals surface area contributed by atoms with Crippen LogP contribution >= 0.6 is 0 Å². The van der Waals surface area contributed by atoms with Crippen LogP contribution in [0.1, 0.15) is 50.7 Å². The molecule has 0 aliphatic heterocycles. The second kappa shape index (κ2) is 7.42. The maximum absolute atomic E-state index is 11.9. The molecule has 7 heteroatoms. The van der Waals surface area contributed by atoms with E-state index >= 15 is 0 Å². The van der Waals surface area contributed by atoms with Gasteiger partial charge >= 0.3 is 6.03 Å². The first-order valence-electron chi connectivity index (χ1n) is 8.13. The van der Waals surface area contributed by atoms with Crippen molar-refractivity contribution in [1.29, 1.82) is 0 Å². The summed E-state index contributed by atoms with van der Waals surface area (Å²) in [5.74, 6) is 0.614. The number of benzene rings is 1. The Morgan fingerprint density at radius 1 is 1.25 bits per heavy atom. The first kappa shape index (κ1) is 17.9. The van der Waals surface area contributed by atoms with Gasteiger partial charge in [0.15, 0.2) is 5.82 Å². The van der Waals surface area contributed by atoms with E-state index in [1.807, 2.05) is 6.92 Å². The van der Waals surface area contributed by atoms with Crippen molar-refractivity contribution >= 4 is 6.03 Å². The number of aryl methyl sites for hydroxylation is 1. The molecule has 0 unspecified atom stereocenters. The summed E-state index contributed by atoms with van der Waals surface area (Å²) < 4.78 is 1.54. The average Bonchev–Trinajstić information content (AvgIpc) is 2.93. The van der Waals surface area contributed by atoms with Gasteiger partial charge in [-0.2, -0.15) is 0 Å². The molecule has 130 valence electrons. The largest absolute Gasteiger partial charge is 0.338 e. The Hall–Kier alpha value is -2.44. The highest BCUT2D eigenvalue weighted by Gasteiger charge is 2.15. The second-order valence-corrected chi connectivity index (χ2v) is 6.98. The van der Waals surface area contributed by atoms with Gasteiger partial charge in [0.1, 0.15) is 0 Å². The summed E-state index contributed by atoms with van der Waals surface area (Å²) in [4.78, 5) is 11.9. The highest BCUT2D eigenvalue weighted by molar-refractivity contribution is 5.74. The molecule has 1 aromatic carbocycles. The van der Waals surface area contributed by atoms with E-state index in [0.29, 0.717) is 12.4 Å². The van der Waals surface area contributed by atoms with Crippen molar-refractivity contribution in [2.45, 2.75) is 45.6 Å². The zero-order valence-electron chi connectivity index (χ0n) is 15.0. The number of carbonyl (C=O) groups excluding carboxylic acids is 1. The molecule has 2 aromatic rings. The second-order valence-electron chi connectivity index (χ2n) is 6.98. The Labute approximate surface area is 142 Å². The summed E-state index contributed by atoms with van der Waals surface area (Å²) in [5, 5.41) is 16.9. The zero-order chi connectivity index (χ0) is 17.7. The van der Waals surface area contributed by atoms with E-state index in [1.165, 1.54) is 11.1 Å². The van der Waals surface area contributed by atoms with Crippen LogP contribution in [0.15, 0.2) is 24.3 Å². The van der Waals surface area contributed by atoms with Crippen molar-refractivity contribution in [3.8, 4) is 0 Å². The van der Waals surface area contributed by atoms with Crippen LogP contribution < -0.4 is 10.6 Å². The molecule has 1 aromatic heterocycles. The van der Waals surface area contributed by atoms with Crippen LogP contribution in [0.4, 0.5) is 4.79 Å². The fourth-order valence-corrected chi connectivity index (χ4v) is 2.41. The number of hydrogen-bond donors (Lipinski definition) is 2. The number of aromatic nitrogens is 4. The number of carbonyl (C=O) groups is 1. The van der Waals surface area contributed by atoms with Crippen molar-refractivity contribution in [1.82, 2.24) is 30.8 Å². The number of hydrogen-bond acceptors (Lipinski definition) is 4. The van der Waals surface area contributed by atoms with Crippen LogP contribution in [-0.4, -0.2) is 32.8 Å². The molecule has 0 saturated heterocycles. The van der Waals surface area contributed by atoms with Gasteiger partial charge in [0.2, 0.25) is 0 Å². The molecular weight excluding hydrogens is 304 g/mol. The van der Waals surface area contributed by atoms with Crippen LogP contribution in [0, 0.1) is 0 Å².